The number of anilines is 1. The molecule has 3 aromatic rings. The van der Waals surface area contributed by atoms with E-state index in [0.717, 1.165) is 4.88 Å². The van der Waals surface area contributed by atoms with Gasteiger partial charge in [0.2, 0.25) is 5.91 Å². The fourth-order valence-corrected chi connectivity index (χ4v) is 2.91. The second kappa shape index (κ2) is 6.62. The first-order chi connectivity index (χ1) is 11.1. The van der Waals surface area contributed by atoms with Gasteiger partial charge < -0.3 is 9.73 Å². The Balaban J connectivity index is 1.52. The van der Waals surface area contributed by atoms with Gasteiger partial charge in [0, 0.05) is 24.6 Å². The maximum atomic E-state index is 11.9. The van der Waals surface area contributed by atoms with E-state index in [0.29, 0.717) is 29.6 Å². The minimum Gasteiger partial charge on any atom is -0.408 e. The summed E-state index contributed by atoms with van der Waals surface area (Å²) in [6.45, 7) is 0. The van der Waals surface area contributed by atoms with Crippen molar-refractivity contribution in [3.63, 3.8) is 0 Å². The molecule has 0 saturated heterocycles. The predicted molar refractivity (Wildman–Crippen MR) is 88.0 cm³/mol. The topological polar surface area (TPSA) is 92.2 Å². The number of H-pyrrole nitrogens is 1. The highest BCUT2D eigenvalue weighted by molar-refractivity contribution is 7.12. The van der Waals surface area contributed by atoms with Crippen molar-refractivity contribution in [3.05, 3.63) is 51.1 Å². The van der Waals surface area contributed by atoms with E-state index >= 15 is 0 Å². The molecule has 0 unspecified atom stereocenters. The lowest BCUT2D eigenvalue weighted by atomic mass is 10.1. The summed E-state index contributed by atoms with van der Waals surface area (Å²) in [5, 5.41) is 4.58. The SMILES string of the molecule is O=C(CCCC(=O)c1cccs1)Nc1ccc2[nH]c(=O)oc2c1. The molecular weight excluding hydrogens is 316 g/mol. The van der Waals surface area contributed by atoms with Crippen molar-refractivity contribution in [2.75, 3.05) is 5.32 Å². The van der Waals surface area contributed by atoms with Crippen LogP contribution in [0.3, 0.4) is 0 Å². The molecule has 2 aromatic heterocycles. The number of nitrogens with one attached hydrogen (secondary N) is 2. The number of oxazole rings is 1. The Bertz CT molecular complexity index is 892. The Morgan fingerprint density at radius 3 is 2.87 bits per heavy atom. The fourth-order valence-electron chi connectivity index (χ4n) is 2.22. The summed E-state index contributed by atoms with van der Waals surface area (Å²) in [7, 11) is 0. The Morgan fingerprint density at radius 1 is 1.22 bits per heavy atom. The molecule has 1 amide bonds. The third kappa shape index (κ3) is 3.75. The van der Waals surface area contributed by atoms with Crippen molar-refractivity contribution in [3.8, 4) is 0 Å². The third-order valence-electron chi connectivity index (χ3n) is 3.31. The van der Waals surface area contributed by atoms with E-state index < -0.39 is 5.76 Å². The first kappa shape index (κ1) is 15.2. The number of carbonyl (C=O) groups excluding carboxylic acids is 2. The number of ketones is 1. The summed E-state index contributed by atoms with van der Waals surface area (Å²) in [6, 6.07) is 8.55. The number of benzene rings is 1. The smallest absolute Gasteiger partial charge is 0.408 e. The minimum absolute atomic E-state index is 0.0586. The molecule has 0 radical (unpaired) electrons. The van der Waals surface area contributed by atoms with E-state index in [-0.39, 0.29) is 18.1 Å². The van der Waals surface area contributed by atoms with Crippen molar-refractivity contribution < 1.29 is 14.0 Å². The lowest BCUT2D eigenvalue weighted by molar-refractivity contribution is -0.116. The van der Waals surface area contributed by atoms with Gasteiger partial charge in [-0.2, -0.15) is 0 Å². The molecule has 0 spiro atoms. The predicted octanol–water partition coefficient (Wildman–Crippen LogP) is 3.17. The van der Waals surface area contributed by atoms with Crippen LogP contribution in [0.25, 0.3) is 11.1 Å². The number of carbonyl (C=O) groups is 2. The van der Waals surface area contributed by atoms with Crippen LogP contribution in [-0.4, -0.2) is 16.7 Å². The average Bonchev–Trinajstić information content (AvgIpc) is 3.15. The normalized spacial score (nSPS) is 10.8. The van der Waals surface area contributed by atoms with E-state index in [1.165, 1.54) is 11.3 Å². The Morgan fingerprint density at radius 2 is 2.09 bits per heavy atom. The molecule has 6 nitrogen and oxygen atoms in total. The number of rotatable bonds is 6. The molecule has 3 rings (SSSR count). The monoisotopic (exact) mass is 330 g/mol. The number of aromatic nitrogens is 1. The van der Waals surface area contributed by atoms with Crippen LogP contribution in [0.5, 0.6) is 0 Å². The van der Waals surface area contributed by atoms with Gasteiger partial charge in [-0.1, -0.05) is 6.07 Å². The van der Waals surface area contributed by atoms with Crippen LogP contribution in [0.1, 0.15) is 28.9 Å². The zero-order valence-corrected chi connectivity index (χ0v) is 12.9. The van der Waals surface area contributed by atoms with Gasteiger partial charge in [-0.05, 0) is 30.0 Å². The quantitative estimate of drug-likeness (QED) is 0.679. The molecule has 0 aliphatic carbocycles. The summed E-state index contributed by atoms with van der Waals surface area (Å²) in [6.07, 6.45) is 1.09. The van der Waals surface area contributed by atoms with Crippen molar-refractivity contribution in [1.29, 1.82) is 0 Å². The second-order valence-electron chi connectivity index (χ2n) is 5.03. The standard InChI is InChI=1S/C16H14N2O4S/c19-12(14-4-2-8-23-14)3-1-5-15(20)17-10-6-7-11-13(9-10)22-16(21)18-11/h2,4,6-9H,1,3,5H2,(H,17,20)(H,18,21). The molecule has 0 atom stereocenters. The molecule has 118 valence electrons. The van der Waals surface area contributed by atoms with Gasteiger partial charge >= 0.3 is 5.76 Å². The molecule has 0 bridgehead atoms. The minimum atomic E-state index is -0.532. The van der Waals surface area contributed by atoms with Gasteiger partial charge in [0.05, 0.1) is 10.4 Å². The van der Waals surface area contributed by atoms with Crippen LogP contribution in [-0.2, 0) is 4.79 Å². The van der Waals surface area contributed by atoms with E-state index in [1.54, 1.807) is 24.3 Å². The van der Waals surface area contributed by atoms with E-state index in [9.17, 15) is 14.4 Å². The number of hydrogen-bond acceptors (Lipinski definition) is 5. The summed E-state index contributed by atoms with van der Waals surface area (Å²) >= 11 is 1.41. The van der Waals surface area contributed by atoms with E-state index in [1.807, 2.05) is 11.4 Å². The third-order valence-corrected chi connectivity index (χ3v) is 4.22. The zero-order chi connectivity index (χ0) is 16.2. The molecule has 7 heteroatoms. The lowest BCUT2D eigenvalue weighted by Gasteiger charge is -2.04. The van der Waals surface area contributed by atoms with Crippen LogP contribution in [0, 0.1) is 0 Å². The number of Topliss-reactive ketones (excluding diaryl/α,β-unsaturated/α-hetero) is 1. The number of aromatic amines is 1. The highest BCUT2D eigenvalue weighted by Gasteiger charge is 2.09. The summed E-state index contributed by atoms with van der Waals surface area (Å²) in [5.74, 6) is -0.653. The molecule has 2 heterocycles. The van der Waals surface area contributed by atoms with Crippen molar-refractivity contribution in [1.82, 2.24) is 4.98 Å². The molecule has 2 N–H and O–H groups in total. The Kier molecular flexibility index (Phi) is 4.38. The Labute approximate surface area is 135 Å². The maximum absolute atomic E-state index is 11.9. The van der Waals surface area contributed by atoms with Gasteiger partial charge in [0.15, 0.2) is 11.4 Å². The molecule has 0 saturated carbocycles. The number of fused-ring (bicyclic) bond motifs is 1. The molecule has 23 heavy (non-hydrogen) atoms. The van der Waals surface area contributed by atoms with Crippen LogP contribution < -0.4 is 11.1 Å². The lowest BCUT2D eigenvalue weighted by Crippen LogP contribution is -2.11. The van der Waals surface area contributed by atoms with E-state index in [4.69, 9.17) is 4.42 Å². The van der Waals surface area contributed by atoms with Gasteiger partial charge in [-0.3, -0.25) is 14.6 Å². The van der Waals surface area contributed by atoms with Gasteiger partial charge in [-0.25, -0.2) is 4.79 Å². The molecule has 1 aromatic carbocycles. The highest BCUT2D eigenvalue weighted by atomic mass is 32.1. The van der Waals surface area contributed by atoms with Crippen LogP contribution in [0.4, 0.5) is 5.69 Å². The first-order valence-electron chi connectivity index (χ1n) is 7.11. The Hall–Kier alpha value is -2.67. The largest absolute Gasteiger partial charge is 0.417 e. The molecule has 0 aliphatic heterocycles. The average molecular weight is 330 g/mol. The maximum Gasteiger partial charge on any atom is 0.417 e. The number of hydrogen-bond donors (Lipinski definition) is 2. The number of amides is 1. The molecule has 0 fully saturated rings. The van der Waals surface area contributed by atoms with E-state index in [2.05, 4.69) is 10.3 Å². The van der Waals surface area contributed by atoms with Crippen LogP contribution in [0.2, 0.25) is 0 Å². The highest BCUT2D eigenvalue weighted by Crippen LogP contribution is 2.17. The second-order valence-corrected chi connectivity index (χ2v) is 5.98. The zero-order valence-electron chi connectivity index (χ0n) is 12.1. The van der Waals surface area contributed by atoms with Crippen LogP contribution >= 0.6 is 11.3 Å². The van der Waals surface area contributed by atoms with Crippen LogP contribution in [0.15, 0.2) is 44.9 Å². The fraction of sp³-hybridized carbons (Fsp3) is 0.188. The van der Waals surface area contributed by atoms with Crippen molar-refractivity contribution in [2.24, 2.45) is 0 Å². The van der Waals surface area contributed by atoms with Gasteiger partial charge in [0.25, 0.3) is 0 Å². The van der Waals surface area contributed by atoms with Crippen molar-refractivity contribution >= 4 is 39.8 Å². The first-order valence-corrected chi connectivity index (χ1v) is 7.99. The van der Waals surface area contributed by atoms with Gasteiger partial charge in [-0.15, -0.1) is 11.3 Å². The van der Waals surface area contributed by atoms with Gasteiger partial charge in [0.1, 0.15) is 0 Å². The summed E-state index contributed by atoms with van der Waals surface area (Å²) < 4.78 is 4.94. The number of thiophene rings is 1. The summed E-state index contributed by atoms with van der Waals surface area (Å²) in [5.41, 5.74) is 1.52. The van der Waals surface area contributed by atoms with Crippen molar-refractivity contribution in [2.45, 2.75) is 19.3 Å². The summed E-state index contributed by atoms with van der Waals surface area (Å²) in [4.78, 5) is 38.1. The molecule has 0 aliphatic rings. The molecular formula is C16H14N2O4S.